The molecule has 0 atom stereocenters. The lowest BCUT2D eigenvalue weighted by Gasteiger charge is -2.33. The first-order chi connectivity index (χ1) is 16.8. The van der Waals surface area contributed by atoms with Crippen molar-refractivity contribution in [1.29, 1.82) is 0 Å². The predicted octanol–water partition coefficient (Wildman–Crippen LogP) is 2.72. The molecule has 0 aromatic heterocycles. The van der Waals surface area contributed by atoms with Crippen LogP contribution in [0.15, 0.2) is 41.3 Å². The minimum atomic E-state index is -3.91. The number of carbonyl (C=O) groups excluding carboxylic acids is 1. The van der Waals surface area contributed by atoms with Crippen LogP contribution in [0.1, 0.15) is 49.7 Å². The molecule has 0 bridgehead atoms. The molecule has 190 valence electrons. The predicted molar refractivity (Wildman–Crippen MR) is 133 cm³/mol. The Labute approximate surface area is 206 Å². The number of fused-ring (bicyclic) bond motifs is 1. The molecule has 4 rings (SSSR count). The number of likely N-dealkylation sites (tertiary alicyclic amines) is 1. The Kier molecular flexibility index (Phi) is 7.83. The van der Waals surface area contributed by atoms with Gasteiger partial charge in [0, 0.05) is 50.4 Å². The summed E-state index contributed by atoms with van der Waals surface area (Å²) in [6.07, 6.45) is 5.17. The molecule has 2 heterocycles. The zero-order valence-corrected chi connectivity index (χ0v) is 20.6. The van der Waals surface area contributed by atoms with E-state index in [1.54, 1.807) is 0 Å². The van der Waals surface area contributed by atoms with Gasteiger partial charge in [0.2, 0.25) is 15.9 Å². The van der Waals surface area contributed by atoms with Crippen LogP contribution in [0.5, 0.6) is 11.5 Å². The standard InChI is InChI=1S/C25H34N4O5S/c26-11-3-1-2-4-25(32)28-12-9-20(10-13-28)27-21-6-5-18-16-29(17-19(18)14-21)35(33,34)24-8-7-22(30)15-23(24)31/h5-8,14-15,20,27,30-31H,1-4,9-13,16-17,26H2. The zero-order chi connectivity index (χ0) is 25.0. The van der Waals surface area contributed by atoms with Crippen molar-refractivity contribution in [2.75, 3.05) is 25.0 Å². The molecule has 9 nitrogen and oxygen atoms in total. The summed E-state index contributed by atoms with van der Waals surface area (Å²) in [5, 5.41) is 23.1. The van der Waals surface area contributed by atoms with Gasteiger partial charge in [0.25, 0.3) is 0 Å². The number of sulfonamides is 1. The highest BCUT2D eigenvalue weighted by Crippen LogP contribution is 2.35. The van der Waals surface area contributed by atoms with Gasteiger partial charge < -0.3 is 26.2 Å². The molecule has 0 radical (unpaired) electrons. The van der Waals surface area contributed by atoms with Crippen LogP contribution in [0.25, 0.3) is 0 Å². The van der Waals surface area contributed by atoms with Gasteiger partial charge in [0.05, 0.1) is 0 Å². The average molecular weight is 503 g/mol. The van der Waals surface area contributed by atoms with Crippen LogP contribution in [0.4, 0.5) is 5.69 Å². The molecule has 0 aliphatic carbocycles. The van der Waals surface area contributed by atoms with Crippen LogP contribution in [0, 0.1) is 0 Å². The number of nitrogens with two attached hydrogens (primary N) is 1. The largest absolute Gasteiger partial charge is 0.508 e. The van der Waals surface area contributed by atoms with Gasteiger partial charge in [-0.3, -0.25) is 4.79 Å². The summed E-state index contributed by atoms with van der Waals surface area (Å²) in [6.45, 7) is 2.58. The first kappa shape index (κ1) is 25.3. The van der Waals surface area contributed by atoms with Crippen molar-refractivity contribution in [3.05, 3.63) is 47.5 Å². The third kappa shape index (κ3) is 5.88. The van der Waals surface area contributed by atoms with Crippen molar-refractivity contribution >= 4 is 21.6 Å². The van der Waals surface area contributed by atoms with E-state index < -0.39 is 15.8 Å². The molecule has 2 aliphatic heterocycles. The first-order valence-corrected chi connectivity index (χ1v) is 13.6. The number of nitrogens with zero attached hydrogens (tertiary/aromatic N) is 2. The molecule has 1 fully saturated rings. The van der Waals surface area contributed by atoms with Crippen LogP contribution in [0.2, 0.25) is 0 Å². The topological polar surface area (TPSA) is 136 Å². The van der Waals surface area contributed by atoms with E-state index in [-0.39, 0.29) is 35.7 Å². The zero-order valence-electron chi connectivity index (χ0n) is 19.8. The van der Waals surface area contributed by atoms with Crippen LogP contribution in [-0.2, 0) is 27.9 Å². The molecule has 2 aliphatic rings. The van der Waals surface area contributed by atoms with Gasteiger partial charge in [0.15, 0.2) is 0 Å². The number of amides is 1. The number of phenols is 2. The van der Waals surface area contributed by atoms with Gasteiger partial charge >= 0.3 is 0 Å². The third-order valence-corrected chi connectivity index (χ3v) is 8.61. The lowest BCUT2D eigenvalue weighted by Crippen LogP contribution is -2.42. The minimum Gasteiger partial charge on any atom is -0.508 e. The number of anilines is 1. The second kappa shape index (κ2) is 10.8. The van der Waals surface area contributed by atoms with Gasteiger partial charge in [0.1, 0.15) is 16.4 Å². The molecule has 35 heavy (non-hydrogen) atoms. The maximum absolute atomic E-state index is 13.1. The molecule has 0 saturated carbocycles. The number of carbonyl (C=O) groups is 1. The molecule has 0 spiro atoms. The third-order valence-electron chi connectivity index (χ3n) is 6.77. The second-order valence-corrected chi connectivity index (χ2v) is 11.2. The van der Waals surface area contributed by atoms with E-state index in [4.69, 9.17) is 5.73 Å². The van der Waals surface area contributed by atoms with E-state index in [0.29, 0.717) is 13.0 Å². The lowest BCUT2D eigenvalue weighted by atomic mass is 10.0. The highest BCUT2D eigenvalue weighted by molar-refractivity contribution is 7.89. The molecule has 0 unspecified atom stereocenters. The quantitative estimate of drug-likeness (QED) is 0.387. The second-order valence-electron chi connectivity index (χ2n) is 9.31. The smallest absolute Gasteiger partial charge is 0.247 e. The highest BCUT2D eigenvalue weighted by Gasteiger charge is 2.33. The van der Waals surface area contributed by atoms with Crippen molar-refractivity contribution in [2.45, 2.75) is 62.6 Å². The van der Waals surface area contributed by atoms with Crippen LogP contribution < -0.4 is 11.1 Å². The van der Waals surface area contributed by atoms with Crippen molar-refractivity contribution in [3.63, 3.8) is 0 Å². The van der Waals surface area contributed by atoms with Crippen LogP contribution in [-0.4, -0.2) is 59.4 Å². The number of hydrogen-bond donors (Lipinski definition) is 4. The number of benzene rings is 2. The highest BCUT2D eigenvalue weighted by atomic mass is 32.2. The number of hydrogen-bond acceptors (Lipinski definition) is 7. The maximum atomic E-state index is 13.1. The summed E-state index contributed by atoms with van der Waals surface area (Å²) in [5.41, 5.74) is 8.28. The summed E-state index contributed by atoms with van der Waals surface area (Å²) in [4.78, 5) is 14.1. The van der Waals surface area contributed by atoms with E-state index in [2.05, 4.69) is 5.32 Å². The normalized spacial score (nSPS) is 16.9. The summed E-state index contributed by atoms with van der Waals surface area (Å²) in [7, 11) is -3.91. The van der Waals surface area contributed by atoms with Crippen molar-refractivity contribution < 1.29 is 23.4 Å². The molecule has 2 aromatic carbocycles. The Balaban J connectivity index is 1.32. The fraction of sp³-hybridized carbons (Fsp3) is 0.480. The summed E-state index contributed by atoms with van der Waals surface area (Å²) < 4.78 is 27.4. The van der Waals surface area contributed by atoms with E-state index in [0.717, 1.165) is 68.1 Å². The Bertz CT molecular complexity index is 1160. The number of unbranched alkanes of at least 4 members (excludes halogenated alkanes) is 2. The number of phenolic OH excluding ortho intramolecular Hbond substituents is 2. The molecule has 1 saturated heterocycles. The Morgan fingerprint density at radius 3 is 2.46 bits per heavy atom. The molecular formula is C25H34N4O5S. The van der Waals surface area contributed by atoms with Gasteiger partial charge in [-0.2, -0.15) is 4.31 Å². The molecule has 10 heteroatoms. The Morgan fingerprint density at radius 2 is 1.74 bits per heavy atom. The average Bonchev–Trinajstić information content (AvgIpc) is 3.26. The number of nitrogens with one attached hydrogen (secondary N) is 1. The summed E-state index contributed by atoms with van der Waals surface area (Å²) >= 11 is 0. The number of aromatic hydroxyl groups is 2. The first-order valence-electron chi connectivity index (χ1n) is 12.2. The van der Waals surface area contributed by atoms with Crippen molar-refractivity contribution in [1.82, 2.24) is 9.21 Å². The molecule has 2 aromatic rings. The monoisotopic (exact) mass is 502 g/mol. The van der Waals surface area contributed by atoms with Crippen LogP contribution in [0.3, 0.4) is 0 Å². The Morgan fingerprint density at radius 1 is 1.00 bits per heavy atom. The van der Waals surface area contributed by atoms with Crippen molar-refractivity contribution in [3.8, 4) is 11.5 Å². The fourth-order valence-corrected chi connectivity index (χ4v) is 6.21. The van der Waals surface area contributed by atoms with E-state index in [1.165, 1.54) is 16.4 Å². The molecule has 5 N–H and O–H groups in total. The molecule has 1 amide bonds. The van der Waals surface area contributed by atoms with E-state index >= 15 is 0 Å². The van der Waals surface area contributed by atoms with Gasteiger partial charge in [-0.05, 0) is 67.6 Å². The SMILES string of the molecule is NCCCCCC(=O)N1CCC(Nc2ccc3c(c2)CN(S(=O)(=O)c2ccc(O)cc2O)C3)CC1. The lowest BCUT2D eigenvalue weighted by molar-refractivity contribution is -0.132. The van der Waals surface area contributed by atoms with E-state index in [1.807, 2.05) is 23.1 Å². The minimum absolute atomic E-state index is 0.195. The van der Waals surface area contributed by atoms with Crippen molar-refractivity contribution in [2.24, 2.45) is 5.73 Å². The number of rotatable bonds is 9. The van der Waals surface area contributed by atoms with Gasteiger partial charge in [-0.1, -0.05) is 12.5 Å². The van der Waals surface area contributed by atoms with E-state index in [9.17, 15) is 23.4 Å². The summed E-state index contributed by atoms with van der Waals surface area (Å²) in [6, 6.07) is 9.62. The van der Waals surface area contributed by atoms with Crippen LogP contribution >= 0.6 is 0 Å². The maximum Gasteiger partial charge on any atom is 0.247 e. The van der Waals surface area contributed by atoms with Gasteiger partial charge in [-0.15, -0.1) is 0 Å². The van der Waals surface area contributed by atoms with Gasteiger partial charge in [-0.25, -0.2) is 8.42 Å². The Hall–Kier alpha value is -2.82. The molecular weight excluding hydrogens is 468 g/mol. The summed E-state index contributed by atoms with van der Waals surface area (Å²) in [5.74, 6) is -0.442. The fourth-order valence-electron chi connectivity index (χ4n) is 4.75. The number of piperidine rings is 1.